The highest BCUT2D eigenvalue weighted by atomic mass is 32.2. The highest BCUT2D eigenvalue weighted by molar-refractivity contribution is 8.03. The molecule has 0 unspecified atom stereocenters. The number of rotatable bonds is 4. The van der Waals surface area contributed by atoms with Gasteiger partial charge in [-0.05, 0) is 103 Å². The lowest BCUT2D eigenvalue weighted by atomic mass is 9.90. The summed E-state index contributed by atoms with van der Waals surface area (Å²) in [5.74, 6) is 0. The molecule has 0 radical (unpaired) electrons. The second kappa shape index (κ2) is 10.2. The van der Waals surface area contributed by atoms with Crippen LogP contribution in [0.1, 0.15) is 36.0 Å². The van der Waals surface area contributed by atoms with Crippen molar-refractivity contribution in [2.45, 2.75) is 30.6 Å². The van der Waals surface area contributed by atoms with Crippen molar-refractivity contribution < 1.29 is 0 Å². The van der Waals surface area contributed by atoms with Crippen LogP contribution in [0.15, 0.2) is 131 Å². The molecule has 0 aliphatic heterocycles. The third-order valence-corrected chi connectivity index (χ3v) is 9.80. The fourth-order valence-corrected chi connectivity index (χ4v) is 7.63. The summed E-state index contributed by atoms with van der Waals surface area (Å²) in [4.78, 5) is 7.33. The smallest absolute Gasteiger partial charge is 0.0353 e. The van der Waals surface area contributed by atoms with Gasteiger partial charge in [0.25, 0.3) is 0 Å². The maximum absolute atomic E-state index is 4.59. The van der Waals surface area contributed by atoms with Crippen LogP contribution in [-0.4, -0.2) is 4.98 Å². The molecular formula is C39H29NS. The van der Waals surface area contributed by atoms with Gasteiger partial charge in [-0.2, -0.15) is 0 Å². The summed E-state index contributed by atoms with van der Waals surface area (Å²) in [5, 5.41) is 7.58. The molecule has 196 valence electrons. The highest BCUT2D eigenvalue weighted by Gasteiger charge is 2.19. The van der Waals surface area contributed by atoms with Crippen LogP contribution in [-0.2, 0) is 6.42 Å². The van der Waals surface area contributed by atoms with Gasteiger partial charge in [0, 0.05) is 22.7 Å². The lowest BCUT2D eigenvalue weighted by Gasteiger charge is -2.20. The van der Waals surface area contributed by atoms with Gasteiger partial charge >= 0.3 is 0 Å². The minimum atomic E-state index is 1.06. The van der Waals surface area contributed by atoms with Crippen LogP contribution in [0.4, 0.5) is 0 Å². The highest BCUT2D eigenvalue weighted by Crippen LogP contribution is 2.47. The number of aryl methyl sites for hydroxylation is 1. The van der Waals surface area contributed by atoms with Gasteiger partial charge in [-0.25, -0.2) is 0 Å². The number of allylic oxidation sites excluding steroid dienone is 5. The number of pyridine rings is 1. The van der Waals surface area contributed by atoms with E-state index in [1.165, 1.54) is 75.5 Å². The molecule has 5 aromatic carbocycles. The Morgan fingerprint density at radius 1 is 0.634 bits per heavy atom. The van der Waals surface area contributed by atoms with E-state index < -0.39 is 0 Å². The molecule has 6 aromatic rings. The van der Waals surface area contributed by atoms with Crippen molar-refractivity contribution in [3.8, 4) is 11.1 Å². The Bertz CT molecular complexity index is 2020. The van der Waals surface area contributed by atoms with E-state index in [2.05, 4.69) is 126 Å². The van der Waals surface area contributed by atoms with Gasteiger partial charge in [0.2, 0.25) is 0 Å². The Labute approximate surface area is 245 Å². The SMILES string of the molecule is C1=Cc2ccc(C3=CC=C(Sc4c5ccccc5c(-c5ccc6ccccc6c5)c5cnccc45)CC3)cc2CC1. The van der Waals surface area contributed by atoms with E-state index in [1.807, 2.05) is 18.0 Å². The predicted octanol–water partition coefficient (Wildman–Crippen LogP) is 11.0. The topological polar surface area (TPSA) is 12.9 Å². The Balaban J connectivity index is 1.22. The van der Waals surface area contributed by atoms with Crippen molar-refractivity contribution >= 4 is 55.7 Å². The molecule has 2 heteroatoms. The standard InChI is InChI=1S/C39H29NS/c1-3-9-29-23-31(15-13-26(29)7-1)28-17-19-33(20-18-28)41-39-35-12-6-5-11-34(35)38(37-25-40-22-21-36(37)39)32-16-14-27-8-2-4-10-30(27)24-32/h1-2,4-8,10-17,19,21-25H,3,9,18,20H2. The van der Waals surface area contributed by atoms with Crippen molar-refractivity contribution in [1.29, 1.82) is 0 Å². The van der Waals surface area contributed by atoms with Crippen LogP contribution in [0.2, 0.25) is 0 Å². The average molecular weight is 544 g/mol. The van der Waals surface area contributed by atoms with Crippen LogP contribution >= 0.6 is 11.8 Å². The van der Waals surface area contributed by atoms with Crippen LogP contribution in [0.5, 0.6) is 0 Å². The van der Waals surface area contributed by atoms with E-state index in [-0.39, 0.29) is 0 Å². The van der Waals surface area contributed by atoms with Crippen molar-refractivity contribution in [3.63, 3.8) is 0 Å². The Hall–Kier alpha value is -4.40. The first kappa shape index (κ1) is 24.4. The maximum Gasteiger partial charge on any atom is 0.0353 e. The molecule has 0 fully saturated rings. The molecule has 1 heterocycles. The molecular weight excluding hydrogens is 515 g/mol. The minimum Gasteiger partial charge on any atom is -0.264 e. The lowest BCUT2D eigenvalue weighted by molar-refractivity contribution is 0.981. The summed E-state index contributed by atoms with van der Waals surface area (Å²) in [6, 6.07) is 33.5. The largest absolute Gasteiger partial charge is 0.264 e. The number of hydrogen-bond acceptors (Lipinski definition) is 2. The lowest BCUT2D eigenvalue weighted by Crippen LogP contribution is -1.98. The third kappa shape index (κ3) is 4.40. The predicted molar refractivity (Wildman–Crippen MR) is 177 cm³/mol. The Morgan fingerprint density at radius 2 is 1.46 bits per heavy atom. The molecule has 0 saturated heterocycles. The summed E-state index contributed by atoms with van der Waals surface area (Å²) in [6.07, 6.45) is 17.7. The fraction of sp³-hybridized carbons (Fsp3) is 0.103. The van der Waals surface area contributed by atoms with Crippen LogP contribution in [0.3, 0.4) is 0 Å². The number of thioether (sulfide) groups is 1. The molecule has 0 amide bonds. The second-order valence-corrected chi connectivity index (χ2v) is 12.2. The molecule has 0 spiro atoms. The average Bonchev–Trinajstić information content (AvgIpc) is 3.04. The van der Waals surface area contributed by atoms with E-state index in [0.717, 1.165) is 25.7 Å². The number of benzene rings is 5. The van der Waals surface area contributed by atoms with E-state index in [9.17, 15) is 0 Å². The number of nitrogens with zero attached hydrogens (tertiary/aromatic N) is 1. The van der Waals surface area contributed by atoms with Crippen LogP contribution in [0, 0.1) is 0 Å². The molecule has 41 heavy (non-hydrogen) atoms. The Morgan fingerprint density at radius 3 is 2.37 bits per heavy atom. The number of fused-ring (bicyclic) bond motifs is 4. The van der Waals surface area contributed by atoms with Gasteiger partial charge in [-0.15, -0.1) is 0 Å². The molecule has 2 aliphatic carbocycles. The van der Waals surface area contributed by atoms with Gasteiger partial charge < -0.3 is 0 Å². The van der Waals surface area contributed by atoms with Crippen molar-refractivity contribution in [2.75, 3.05) is 0 Å². The zero-order valence-electron chi connectivity index (χ0n) is 22.8. The van der Waals surface area contributed by atoms with Gasteiger partial charge in [0.05, 0.1) is 0 Å². The zero-order chi connectivity index (χ0) is 27.2. The maximum atomic E-state index is 4.59. The van der Waals surface area contributed by atoms with Crippen LogP contribution in [0.25, 0.3) is 55.1 Å². The summed E-state index contributed by atoms with van der Waals surface area (Å²) in [5.41, 5.74) is 8.18. The summed E-state index contributed by atoms with van der Waals surface area (Å²) in [7, 11) is 0. The van der Waals surface area contributed by atoms with E-state index in [4.69, 9.17) is 0 Å². The van der Waals surface area contributed by atoms with Gasteiger partial charge in [0.15, 0.2) is 0 Å². The molecule has 0 N–H and O–H groups in total. The molecule has 1 nitrogen and oxygen atoms in total. The van der Waals surface area contributed by atoms with Crippen molar-refractivity contribution in [3.05, 3.63) is 143 Å². The monoisotopic (exact) mass is 543 g/mol. The zero-order valence-corrected chi connectivity index (χ0v) is 23.6. The fourth-order valence-electron chi connectivity index (χ4n) is 6.46. The summed E-state index contributed by atoms with van der Waals surface area (Å²) in [6.45, 7) is 0. The quantitative estimate of drug-likeness (QED) is 0.205. The summed E-state index contributed by atoms with van der Waals surface area (Å²) >= 11 is 1.93. The normalized spacial score (nSPS) is 14.7. The van der Waals surface area contributed by atoms with E-state index in [0.29, 0.717) is 0 Å². The minimum absolute atomic E-state index is 1.06. The molecule has 8 rings (SSSR count). The first-order valence-electron chi connectivity index (χ1n) is 14.5. The number of aromatic nitrogens is 1. The second-order valence-electron chi connectivity index (χ2n) is 11.0. The molecule has 0 bridgehead atoms. The third-order valence-electron chi connectivity index (χ3n) is 8.55. The number of hydrogen-bond donors (Lipinski definition) is 0. The first-order valence-corrected chi connectivity index (χ1v) is 15.3. The van der Waals surface area contributed by atoms with Crippen LogP contribution < -0.4 is 0 Å². The summed E-state index contributed by atoms with van der Waals surface area (Å²) < 4.78 is 0. The molecule has 0 saturated carbocycles. The van der Waals surface area contributed by atoms with E-state index >= 15 is 0 Å². The van der Waals surface area contributed by atoms with Gasteiger partial charge in [0.1, 0.15) is 0 Å². The van der Waals surface area contributed by atoms with E-state index in [1.54, 1.807) is 0 Å². The van der Waals surface area contributed by atoms with Gasteiger partial charge in [-0.3, -0.25) is 4.98 Å². The van der Waals surface area contributed by atoms with Crippen molar-refractivity contribution in [2.24, 2.45) is 0 Å². The van der Waals surface area contributed by atoms with Crippen molar-refractivity contribution in [1.82, 2.24) is 4.98 Å². The first-order chi connectivity index (χ1) is 20.3. The van der Waals surface area contributed by atoms with Gasteiger partial charge in [-0.1, -0.05) is 115 Å². The molecule has 0 atom stereocenters. The molecule has 1 aromatic heterocycles. The Kier molecular flexibility index (Phi) is 6.08. The molecule has 2 aliphatic rings.